The molecule has 0 heterocycles. The summed E-state index contributed by atoms with van der Waals surface area (Å²) in [6.45, 7) is 0. The summed E-state index contributed by atoms with van der Waals surface area (Å²) in [6, 6.07) is 4.93. The number of benzene rings is 1. The predicted molar refractivity (Wildman–Crippen MR) is 62.6 cm³/mol. The molecular formula is C9H9Cl2N3O. The van der Waals surface area contributed by atoms with Crippen LogP contribution in [0, 0.1) is 0 Å². The molecule has 1 aromatic carbocycles. The molecule has 0 aliphatic heterocycles. The summed E-state index contributed by atoms with van der Waals surface area (Å²) in [5, 5.41) is 7.06. The molecule has 1 amide bonds. The fourth-order valence-corrected chi connectivity index (χ4v) is 1.26. The number of amides is 1. The molecule has 0 aliphatic carbocycles. The highest BCUT2D eigenvalue weighted by molar-refractivity contribution is 6.36. The number of nitrogens with zero attached hydrogens (tertiary/aromatic N) is 1. The zero-order valence-corrected chi connectivity index (χ0v) is 9.43. The topological polar surface area (TPSA) is 53.5 Å². The number of hydrogen-bond acceptors (Lipinski definition) is 3. The lowest BCUT2D eigenvalue weighted by atomic mass is 10.3. The maximum Gasteiger partial charge on any atom is 0.263 e. The summed E-state index contributed by atoms with van der Waals surface area (Å²) < 4.78 is 0. The van der Waals surface area contributed by atoms with Crippen LogP contribution in [0.5, 0.6) is 0 Å². The first-order valence-electron chi connectivity index (χ1n) is 4.09. The third-order valence-electron chi connectivity index (χ3n) is 1.54. The largest absolute Gasteiger partial charge is 0.354 e. The van der Waals surface area contributed by atoms with Crippen molar-refractivity contribution in [3.63, 3.8) is 0 Å². The van der Waals surface area contributed by atoms with Crippen molar-refractivity contribution < 1.29 is 4.79 Å². The molecule has 80 valence electrons. The number of halogens is 2. The van der Waals surface area contributed by atoms with E-state index in [2.05, 4.69) is 15.8 Å². The Kier molecular flexibility index (Phi) is 4.39. The third-order valence-corrected chi connectivity index (χ3v) is 2.09. The first kappa shape index (κ1) is 11.8. The van der Waals surface area contributed by atoms with Gasteiger partial charge in [-0.3, -0.25) is 10.2 Å². The van der Waals surface area contributed by atoms with Crippen LogP contribution in [0.2, 0.25) is 10.0 Å². The number of nitrogens with one attached hydrogen (secondary N) is 2. The molecule has 1 aromatic rings. The normalized spacial score (nSPS) is 10.3. The van der Waals surface area contributed by atoms with E-state index < -0.39 is 0 Å². The van der Waals surface area contributed by atoms with Crippen molar-refractivity contribution >= 4 is 41.0 Å². The third kappa shape index (κ3) is 3.77. The summed E-state index contributed by atoms with van der Waals surface area (Å²) in [4.78, 5) is 10.8. The van der Waals surface area contributed by atoms with Gasteiger partial charge in [0.15, 0.2) is 0 Å². The minimum absolute atomic E-state index is 0.299. The molecular weight excluding hydrogens is 237 g/mol. The fourth-order valence-electron chi connectivity index (χ4n) is 0.805. The van der Waals surface area contributed by atoms with Crippen molar-refractivity contribution in [1.82, 2.24) is 5.32 Å². The minimum Gasteiger partial charge on any atom is -0.354 e. The highest BCUT2D eigenvalue weighted by atomic mass is 35.5. The van der Waals surface area contributed by atoms with E-state index in [0.29, 0.717) is 15.7 Å². The quantitative estimate of drug-likeness (QED) is 0.634. The summed E-state index contributed by atoms with van der Waals surface area (Å²) in [6.07, 6.45) is 1.12. The highest BCUT2D eigenvalue weighted by Gasteiger charge is 1.99. The van der Waals surface area contributed by atoms with Gasteiger partial charge in [-0.15, -0.1) is 0 Å². The van der Waals surface area contributed by atoms with Crippen molar-refractivity contribution in [3.05, 3.63) is 28.2 Å². The Hall–Kier alpha value is -1.26. The molecule has 15 heavy (non-hydrogen) atoms. The molecule has 0 saturated heterocycles. The number of rotatable bonds is 3. The number of carbonyl (C=O) groups excluding carboxylic acids is 1. The second kappa shape index (κ2) is 5.58. The van der Waals surface area contributed by atoms with Gasteiger partial charge in [-0.2, -0.15) is 5.10 Å². The second-order valence-electron chi connectivity index (χ2n) is 2.61. The van der Waals surface area contributed by atoms with Gasteiger partial charge in [-0.25, -0.2) is 0 Å². The summed E-state index contributed by atoms with van der Waals surface area (Å²) in [5.74, 6) is -0.299. The molecule has 1 rings (SSSR count). The van der Waals surface area contributed by atoms with Crippen molar-refractivity contribution in [2.24, 2.45) is 5.10 Å². The van der Waals surface area contributed by atoms with Crippen LogP contribution in [0.1, 0.15) is 0 Å². The van der Waals surface area contributed by atoms with E-state index in [1.807, 2.05) is 0 Å². The van der Waals surface area contributed by atoms with Gasteiger partial charge in [0.1, 0.15) is 6.21 Å². The van der Waals surface area contributed by atoms with Gasteiger partial charge in [0.25, 0.3) is 5.91 Å². The number of hydrogen-bond donors (Lipinski definition) is 2. The van der Waals surface area contributed by atoms with Gasteiger partial charge in [0.2, 0.25) is 0 Å². The average molecular weight is 246 g/mol. The van der Waals surface area contributed by atoms with Crippen LogP contribution in [0.25, 0.3) is 0 Å². The maximum atomic E-state index is 10.8. The highest BCUT2D eigenvalue weighted by Crippen LogP contribution is 2.24. The molecule has 0 atom stereocenters. The molecule has 6 heteroatoms. The van der Waals surface area contributed by atoms with Gasteiger partial charge >= 0.3 is 0 Å². The van der Waals surface area contributed by atoms with Crippen LogP contribution in [-0.4, -0.2) is 19.2 Å². The van der Waals surface area contributed by atoms with Gasteiger partial charge in [0, 0.05) is 12.1 Å². The van der Waals surface area contributed by atoms with Crippen molar-refractivity contribution in [1.29, 1.82) is 0 Å². The Morgan fingerprint density at radius 1 is 1.47 bits per heavy atom. The van der Waals surface area contributed by atoms with E-state index in [1.54, 1.807) is 18.2 Å². The minimum atomic E-state index is -0.299. The zero-order valence-electron chi connectivity index (χ0n) is 7.92. The Morgan fingerprint density at radius 3 is 2.80 bits per heavy atom. The van der Waals surface area contributed by atoms with Crippen LogP contribution in [0.4, 0.5) is 5.69 Å². The van der Waals surface area contributed by atoms with Gasteiger partial charge in [-0.05, 0) is 18.2 Å². The smallest absolute Gasteiger partial charge is 0.263 e. The molecule has 0 radical (unpaired) electrons. The SMILES string of the molecule is CNC(=O)/C=N/Nc1ccc(Cl)cc1Cl. The van der Waals surface area contributed by atoms with E-state index >= 15 is 0 Å². The second-order valence-corrected chi connectivity index (χ2v) is 3.45. The molecule has 0 fully saturated rings. The van der Waals surface area contributed by atoms with E-state index in [-0.39, 0.29) is 5.91 Å². The van der Waals surface area contributed by atoms with E-state index in [4.69, 9.17) is 23.2 Å². The Morgan fingerprint density at radius 2 is 2.20 bits per heavy atom. The predicted octanol–water partition coefficient (Wildman–Crippen LogP) is 2.14. The van der Waals surface area contributed by atoms with E-state index in [9.17, 15) is 4.79 Å². The van der Waals surface area contributed by atoms with Crippen molar-refractivity contribution in [2.45, 2.75) is 0 Å². The Balaban J connectivity index is 2.65. The molecule has 4 nitrogen and oxygen atoms in total. The van der Waals surface area contributed by atoms with Crippen molar-refractivity contribution in [3.8, 4) is 0 Å². The lowest BCUT2D eigenvalue weighted by Crippen LogP contribution is -2.19. The van der Waals surface area contributed by atoms with Crippen LogP contribution in [0.3, 0.4) is 0 Å². The number of hydrazone groups is 1. The summed E-state index contributed by atoms with van der Waals surface area (Å²) in [5.41, 5.74) is 3.21. The zero-order chi connectivity index (χ0) is 11.3. The molecule has 0 saturated carbocycles. The molecule has 2 N–H and O–H groups in total. The Labute approximate surface area is 97.3 Å². The molecule has 0 bridgehead atoms. The first-order chi connectivity index (χ1) is 7.13. The van der Waals surface area contributed by atoms with Crippen LogP contribution < -0.4 is 10.7 Å². The van der Waals surface area contributed by atoms with Gasteiger partial charge < -0.3 is 5.32 Å². The lowest BCUT2D eigenvalue weighted by Gasteiger charge is -2.02. The molecule has 0 unspecified atom stereocenters. The fraction of sp³-hybridized carbons (Fsp3) is 0.111. The van der Waals surface area contributed by atoms with E-state index in [1.165, 1.54) is 7.05 Å². The van der Waals surface area contributed by atoms with Crippen LogP contribution in [-0.2, 0) is 4.79 Å². The maximum absolute atomic E-state index is 10.8. The van der Waals surface area contributed by atoms with Crippen LogP contribution >= 0.6 is 23.2 Å². The summed E-state index contributed by atoms with van der Waals surface area (Å²) in [7, 11) is 1.52. The lowest BCUT2D eigenvalue weighted by molar-refractivity contribution is -0.113. The standard InChI is InChI=1S/C9H9Cl2N3O/c1-12-9(15)5-13-14-8-3-2-6(10)4-7(8)11/h2-5,14H,1H3,(H,12,15)/b13-5+. The molecule has 0 aliphatic rings. The summed E-state index contributed by atoms with van der Waals surface area (Å²) >= 11 is 11.6. The van der Waals surface area contributed by atoms with Crippen molar-refractivity contribution in [2.75, 3.05) is 12.5 Å². The Bertz CT molecular complexity index is 393. The number of carbonyl (C=O) groups is 1. The van der Waals surface area contributed by atoms with Gasteiger partial charge in [-0.1, -0.05) is 23.2 Å². The molecule has 0 spiro atoms. The van der Waals surface area contributed by atoms with E-state index in [0.717, 1.165) is 6.21 Å². The average Bonchev–Trinajstić information content (AvgIpc) is 2.21. The first-order valence-corrected chi connectivity index (χ1v) is 4.85. The molecule has 0 aromatic heterocycles. The monoisotopic (exact) mass is 245 g/mol. The van der Waals surface area contributed by atoms with Crippen LogP contribution in [0.15, 0.2) is 23.3 Å². The van der Waals surface area contributed by atoms with Gasteiger partial charge in [0.05, 0.1) is 10.7 Å². The number of anilines is 1.